The third-order valence-electron chi connectivity index (χ3n) is 3.73. The fourth-order valence-electron chi connectivity index (χ4n) is 2.39. The number of hydrogen-bond acceptors (Lipinski definition) is 5. The summed E-state index contributed by atoms with van der Waals surface area (Å²) in [5.74, 6) is 1.24. The molecule has 0 aliphatic carbocycles. The molecule has 3 N–H and O–H groups in total. The Balaban J connectivity index is 1.82. The largest absolute Gasteiger partial charge is 0.393 e. The molecule has 122 valence electrons. The van der Waals surface area contributed by atoms with Crippen molar-refractivity contribution in [2.24, 2.45) is 0 Å². The molecule has 0 aliphatic rings. The van der Waals surface area contributed by atoms with E-state index < -0.39 is 0 Å². The average Bonchev–Trinajstić information content (AvgIpc) is 2.62. The smallest absolute Gasteiger partial charge is 0.161 e. The minimum atomic E-state index is 0.496. The second-order valence-electron chi connectivity index (χ2n) is 5.30. The number of nitrogens with two attached hydrogens (primary N) is 1. The minimum Gasteiger partial charge on any atom is -0.393 e. The second kappa shape index (κ2) is 7.19. The monoisotopic (exact) mass is 339 g/mol. The molecule has 0 saturated carbocycles. The van der Waals surface area contributed by atoms with Gasteiger partial charge in [0.25, 0.3) is 0 Å². The zero-order chi connectivity index (χ0) is 16.9. The van der Waals surface area contributed by atoms with Gasteiger partial charge in [-0.25, -0.2) is 9.97 Å². The Kier molecular flexibility index (Phi) is 4.82. The summed E-state index contributed by atoms with van der Waals surface area (Å²) in [6.07, 6.45) is 1.50. The number of anilines is 4. The molecule has 0 amide bonds. The Hall–Kier alpha value is -2.79. The summed E-state index contributed by atoms with van der Waals surface area (Å²) >= 11 is 6.18. The number of nitrogens with one attached hydrogen (secondary N) is 1. The maximum Gasteiger partial charge on any atom is 0.161 e. The Bertz CT molecular complexity index is 823. The zero-order valence-corrected chi connectivity index (χ0v) is 14.0. The first kappa shape index (κ1) is 16.1. The van der Waals surface area contributed by atoms with Gasteiger partial charge in [0, 0.05) is 24.3 Å². The molecule has 0 atom stereocenters. The molecular formula is C18H18ClN5. The van der Waals surface area contributed by atoms with Crippen molar-refractivity contribution < 1.29 is 0 Å². The van der Waals surface area contributed by atoms with Crippen LogP contribution in [0.25, 0.3) is 0 Å². The quantitative estimate of drug-likeness (QED) is 0.732. The topological polar surface area (TPSA) is 67.1 Å². The van der Waals surface area contributed by atoms with Gasteiger partial charge in [0.2, 0.25) is 0 Å². The lowest BCUT2D eigenvalue weighted by Gasteiger charge is -2.21. The van der Waals surface area contributed by atoms with Crippen LogP contribution in [0.1, 0.15) is 5.56 Å². The summed E-state index contributed by atoms with van der Waals surface area (Å²) in [5.41, 5.74) is 8.74. The van der Waals surface area contributed by atoms with E-state index >= 15 is 0 Å². The molecule has 0 fully saturated rings. The summed E-state index contributed by atoms with van der Waals surface area (Å²) < 4.78 is 0. The maximum atomic E-state index is 6.26. The van der Waals surface area contributed by atoms with Crippen LogP contribution in [0.2, 0.25) is 5.02 Å². The SMILES string of the molecule is CN(c1ccccc1)c1ncnc(NCc2ccccc2Cl)c1N. The van der Waals surface area contributed by atoms with Crippen LogP contribution in [0.4, 0.5) is 23.0 Å². The fraction of sp³-hybridized carbons (Fsp3) is 0.111. The van der Waals surface area contributed by atoms with Crippen molar-refractivity contribution in [1.29, 1.82) is 0 Å². The molecule has 0 saturated heterocycles. The fourth-order valence-corrected chi connectivity index (χ4v) is 2.59. The lowest BCUT2D eigenvalue weighted by molar-refractivity contribution is 1.05. The van der Waals surface area contributed by atoms with Gasteiger partial charge in [0.15, 0.2) is 11.6 Å². The predicted molar refractivity (Wildman–Crippen MR) is 99.7 cm³/mol. The molecule has 1 heterocycles. The summed E-state index contributed by atoms with van der Waals surface area (Å²) in [6.45, 7) is 0.537. The van der Waals surface area contributed by atoms with Crippen LogP contribution in [0.5, 0.6) is 0 Å². The van der Waals surface area contributed by atoms with Crippen LogP contribution in [-0.2, 0) is 6.54 Å². The molecule has 2 aromatic carbocycles. The van der Waals surface area contributed by atoms with Crippen molar-refractivity contribution >= 4 is 34.6 Å². The van der Waals surface area contributed by atoms with E-state index in [1.54, 1.807) is 0 Å². The van der Waals surface area contributed by atoms with E-state index in [0.29, 0.717) is 28.9 Å². The van der Waals surface area contributed by atoms with Gasteiger partial charge in [0.1, 0.15) is 12.0 Å². The molecule has 5 nitrogen and oxygen atoms in total. The van der Waals surface area contributed by atoms with Gasteiger partial charge in [-0.1, -0.05) is 48.0 Å². The van der Waals surface area contributed by atoms with E-state index in [1.165, 1.54) is 6.33 Å². The van der Waals surface area contributed by atoms with Crippen molar-refractivity contribution in [3.05, 3.63) is 71.5 Å². The van der Waals surface area contributed by atoms with Gasteiger partial charge in [-0.2, -0.15) is 0 Å². The Morgan fingerprint density at radius 2 is 1.75 bits per heavy atom. The van der Waals surface area contributed by atoms with Crippen molar-refractivity contribution in [3.63, 3.8) is 0 Å². The summed E-state index contributed by atoms with van der Waals surface area (Å²) in [6, 6.07) is 17.6. The predicted octanol–water partition coefficient (Wildman–Crippen LogP) is 4.09. The van der Waals surface area contributed by atoms with Crippen LogP contribution in [-0.4, -0.2) is 17.0 Å². The number of nitrogen functional groups attached to an aromatic ring is 1. The zero-order valence-electron chi connectivity index (χ0n) is 13.3. The highest BCUT2D eigenvalue weighted by Gasteiger charge is 2.13. The van der Waals surface area contributed by atoms with E-state index in [0.717, 1.165) is 11.3 Å². The molecule has 3 aromatic rings. The molecule has 1 aromatic heterocycles. The molecule has 0 unspecified atom stereocenters. The number of aromatic nitrogens is 2. The van der Waals surface area contributed by atoms with Crippen molar-refractivity contribution in [2.45, 2.75) is 6.54 Å². The van der Waals surface area contributed by atoms with Crippen LogP contribution < -0.4 is 16.0 Å². The summed E-state index contributed by atoms with van der Waals surface area (Å²) in [4.78, 5) is 10.5. The first-order chi connectivity index (χ1) is 11.7. The van der Waals surface area contributed by atoms with Crippen LogP contribution >= 0.6 is 11.6 Å². The van der Waals surface area contributed by atoms with E-state index in [4.69, 9.17) is 17.3 Å². The summed E-state index contributed by atoms with van der Waals surface area (Å²) in [5, 5.41) is 3.94. The van der Waals surface area contributed by atoms with E-state index in [9.17, 15) is 0 Å². The third-order valence-corrected chi connectivity index (χ3v) is 4.10. The molecular weight excluding hydrogens is 322 g/mol. The van der Waals surface area contributed by atoms with E-state index in [1.807, 2.05) is 66.5 Å². The average molecular weight is 340 g/mol. The lowest BCUT2D eigenvalue weighted by Crippen LogP contribution is -2.15. The molecule has 0 bridgehead atoms. The van der Waals surface area contributed by atoms with Gasteiger partial charge >= 0.3 is 0 Å². The molecule has 0 aliphatic heterocycles. The standard InChI is InChI=1S/C18H18ClN5/c1-24(14-8-3-2-4-9-14)18-16(20)17(22-12-23-18)21-11-13-7-5-6-10-15(13)19/h2-10,12H,11,20H2,1H3,(H,21,22,23). The number of rotatable bonds is 5. The van der Waals surface area contributed by atoms with Gasteiger partial charge in [-0.05, 0) is 23.8 Å². The van der Waals surface area contributed by atoms with Crippen LogP contribution in [0, 0.1) is 0 Å². The van der Waals surface area contributed by atoms with Crippen LogP contribution in [0.15, 0.2) is 60.9 Å². The number of benzene rings is 2. The van der Waals surface area contributed by atoms with Gasteiger partial charge < -0.3 is 16.0 Å². The van der Waals surface area contributed by atoms with Crippen molar-refractivity contribution in [1.82, 2.24) is 9.97 Å². The second-order valence-corrected chi connectivity index (χ2v) is 5.71. The number of hydrogen-bond donors (Lipinski definition) is 2. The number of nitrogens with zero attached hydrogens (tertiary/aromatic N) is 3. The highest BCUT2D eigenvalue weighted by atomic mass is 35.5. The number of para-hydroxylation sites is 1. The van der Waals surface area contributed by atoms with Gasteiger partial charge in [-0.15, -0.1) is 0 Å². The Morgan fingerprint density at radius 1 is 1.04 bits per heavy atom. The summed E-state index contributed by atoms with van der Waals surface area (Å²) in [7, 11) is 1.92. The molecule has 24 heavy (non-hydrogen) atoms. The molecule has 0 spiro atoms. The normalized spacial score (nSPS) is 10.4. The van der Waals surface area contributed by atoms with Crippen LogP contribution in [0.3, 0.4) is 0 Å². The van der Waals surface area contributed by atoms with Crippen molar-refractivity contribution in [2.75, 3.05) is 23.0 Å². The van der Waals surface area contributed by atoms with Crippen molar-refractivity contribution in [3.8, 4) is 0 Å². The van der Waals surface area contributed by atoms with Gasteiger partial charge in [-0.3, -0.25) is 0 Å². The van der Waals surface area contributed by atoms with E-state index in [-0.39, 0.29) is 0 Å². The molecule has 3 rings (SSSR count). The first-order valence-electron chi connectivity index (χ1n) is 7.53. The minimum absolute atomic E-state index is 0.496. The highest BCUT2D eigenvalue weighted by Crippen LogP contribution is 2.30. The molecule has 6 heteroatoms. The molecule has 0 radical (unpaired) electrons. The first-order valence-corrected chi connectivity index (χ1v) is 7.91. The number of halogens is 1. The van der Waals surface area contributed by atoms with Gasteiger partial charge in [0.05, 0.1) is 0 Å². The highest BCUT2D eigenvalue weighted by molar-refractivity contribution is 6.31. The third kappa shape index (κ3) is 3.41. The lowest BCUT2D eigenvalue weighted by atomic mass is 10.2. The maximum absolute atomic E-state index is 6.26. The Morgan fingerprint density at radius 3 is 2.50 bits per heavy atom. The Labute approximate surface area is 146 Å². The van der Waals surface area contributed by atoms with E-state index in [2.05, 4.69) is 15.3 Å².